The Morgan fingerprint density at radius 1 is 1.00 bits per heavy atom. The molecule has 0 unspecified atom stereocenters. The second-order valence-corrected chi connectivity index (χ2v) is 5.84. The second kappa shape index (κ2) is 5.60. The summed E-state index contributed by atoms with van der Waals surface area (Å²) >= 11 is 1.61. The molecule has 0 aromatic rings. The molecule has 2 rings (SSSR count). The molecule has 0 amide bonds. The summed E-state index contributed by atoms with van der Waals surface area (Å²) in [7, 11) is 0. The summed E-state index contributed by atoms with van der Waals surface area (Å²) in [6.45, 7) is 0. The van der Waals surface area contributed by atoms with Gasteiger partial charge in [0.15, 0.2) is 0 Å². The Hall–Kier alpha value is 1.57. The second-order valence-electron chi connectivity index (χ2n) is 4.14. The molecule has 1 saturated carbocycles. The normalized spacial score (nSPS) is 26.9. The van der Waals surface area contributed by atoms with Crippen molar-refractivity contribution in [2.75, 3.05) is 0 Å². The Labute approximate surface area is 116 Å². The van der Waals surface area contributed by atoms with Gasteiger partial charge in [0.2, 0.25) is 0 Å². The average Bonchev–Trinajstić information content (AvgIpc) is 2.05. The van der Waals surface area contributed by atoms with Crippen LogP contribution >= 0.6 is 0 Å². The van der Waals surface area contributed by atoms with Crippen molar-refractivity contribution in [1.29, 1.82) is 0 Å². The topological polar surface area (TPSA) is 14.1 Å². The molecule has 0 N–H and O–H groups in total. The van der Waals surface area contributed by atoms with Crippen molar-refractivity contribution < 1.29 is 50.5 Å². The first-order valence-electron chi connectivity index (χ1n) is 5.07. The van der Waals surface area contributed by atoms with Crippen LogP contribution in [-0.2, 0) is 19.4 Å². The molecule has 2 aliphatic rings. The molecule has 72 valence electrons. The van der Waals surface area contributed by atoms with Gasteiger partial charge in [-0.2, -0.15) is 0 Å². The van der Waals surface area contributed by atoms with E-state index in [1.165, 1.54) is 55.4 Å². The minimum atomic E-state index is 0. The van der Waals surface area contributed by atoms with Gasteiger partial charge in [0.25, 0.3) is 0 Å². The predicted octanol–water partition coefficient (Wildman–Crippen LogP) is 2.92. The molecule has 0 atom stereocenters. The summed E-state index contributed by atoms with van der Waals surface area (Å²) in [6, 6.07) is 0. The van der Waals surface area contributed by atoms with Crippen molar-refractivity contribution in [3.63, 3.8) is 0 Å². The molecule has 0 aromatic carbocycles. The first-order valence-corrected chi connectivity index (χ1v) is 6.53. The van der Waals surface area contributed by atoms with E-state index in [1.807, 2.05) is 0 Å². The third-order valence-corrected chi connectivity index (χ3v) is 4.24. The van der Waals surface area contributed by atoms with Crippen LogP contribution in [0.1, 0.15) is 51.4 Å². The predicted molar refractivity (Wildman–Crippen MR) is 48.0 cm³/mol. The molecule has 1 saturated heterocycles. The maximum absolute atomic E-state index is 4.93. The van der Waals surface area contributed by atoms with Gasteiger partial charge >= 0.3 is 85.6 Å². The van der Waals surface area contributed by atoms with Gasteiger partial charge in [0.05, 0.1) is 0 Å². The number of hydrogen-bond acceptors (Lipinski definition) is 0. The zero-order valence-electron chi connectivity index (χ0n) is 8.01. The summed E-state index contributed by atoms with van der Waals surface area (Å²) in [6.07, 6.45) is 11.1. The van der Waals surface area contributed by atoms with Crippen LogP contribution in [0.15, 0.2) is 0 Å². The summed E-state index contributed by atoms with van der Waals surface area (Å²) in [5.74, 6) is 0. The molecular formula is C10H16NUW-. The van der Waals surface area contributed by atoms with Gasteiger partial charge in [-0.05, 0) is 0 Å². The van der Waals surface area contributed by atoms with Gasteiger partial charge in [-0.15, -0.1) is 0 Å². The molecule has 1 nitrogen and oxygen atoms in total. The number of rotatable bonds is 0. The van der Waals surface area contributed by atoms with Crippen molar-refractivity contribution in [2.24, 2.45) is 0 Å². The summed E-state index contributed by atoms with van der Waals surface area (Å²) in [5, 5.41) is 4.93. The van der Waals surface area contributed by atoms with Gasteiger partial charge < -0.3 is 0 Å². The van der Waals surface area contributed by atoms with Crippen LogP contribution in [0.2, 0.25) is 0 Å². The van der Waals surface area contributed by atoms with Gasteiger partial charge in [0.1, 0.15) is 0 Å². The fraction of sp³-hybridized carbons (Fsp3) is 0.900. The number of piperidine rings is 1. The van der Waals surface area contributed by atoms with E-state index in [2.05, 4.69) is 0 Å². The van der Waals surface area contributed by atoms with Gasteiger partial charge in [0, 0.05) is 31.1 Å². The zero-order valence-corrected chi connectivity index (χ0v) is 15.1. The van der Waals surface area contributed by atoms with Crippen molar-refractivity contribution in [1.82, 2.24) is 0 Å². The van der Waals surface area contributed by atoms with E-state index >= 15 is 0 Å². The van der Waals surface area contributed by atoms with Crippen LogP contribution in [0, 0.1) is 31.1 Å². The summed E-state index contributed by atoms with van der Waals surface area (Å²) in [5.41, 5.74) is 0.438. The van der Waals surface area contributed by atoms with Crippen molar-refractivity contribution in [3.05, 3.63) is 5.32 Å². The van der Waals surface area contributed by atoms with Crippen LogP contribution in [0.4, 0.5) is 0 Å². The van der Waals surface area contributed by atoms with E-state index in [-0.39, 0.29) is 31.1 Å². The molecule has 2 fully saturated rings. The Morgan fingerprint density at radius 3 is 2.23 bits per heavy atom. The molecular weight excluding hydrogens is 556 g/mol. The molecule has 0 aromatic heterocycles. The van der Waals surface area contributed by atoms with Gasteiger partial charge in [-0.25, -0.2) is 0 Å². The van der Waals surface area contributed by atoms with E-state index < -0.39 is 0 Å². The number of hydrogen-bond donors (Lipinski definition) is 0. The van der Waals surface area contributed by atoms with Crippen LogP contribution in [-0.4, -0.2) is 9.56 Å². The van der Waals surface area contributed by atoms with E-state index in [9.17, 15) is 0 Å². The van der Waals surface area contributed by atoms with Crippen molar-refractivity contribution in [2.45, 2.75) is 56.9 Å². The molecule has 1 heterocycles. The van der Waals surface area contributed by atoms with Gasteiger partial charge in [-0.3, -0.25) is 0 Å². The Balaban J connectivity index is 0.000000845. The Kier molecular flexibility index (Phi) is 5.44. The maximum atomic E-state index is 4.93. The molecule has 1 aliphatic heterocycles. The Bertz CT molecular complexity index is 182. The first-order chi connectivity index (χ1) is 5.81. The third-order valence-electron chi connectivity index (χ3n) is 3.18. The molecule has 1 spiro atoms. The molecule has 3 heteroatoms. The quantitative estimate of drug-likeness (QED) is 0.425. The van der Waals surface area contributed by atoms with Crippen LogP contribution in [0.5, 0.6) is 0 Å². The van der Waals surface area contributed by atoms with Crippen molar-refractivity contribution >= 4 is 4.02 Å². The average molecular weight is 572 g/mol. The molecule has 1 aliphatic carbocycles. The Morgan fingerprint density at radius 2 is 1.62 bits per heavy atom. The van der Waals surface area contributed by atoms with Crippen LogP contribution < -0.4 is 0 Å². The van der Waals surface area contributed by atoms with Crippen LogP contribution in [0.25, 0.3) is 5.32 Å². The molecule has 13 heavy (non-hydrogen) atoms. The standard InChI is InChI=1S/C10H16N.U.W/c1-2-6-10(7-3-1)8-4-5-9-11-10;;/h1-8H2;;/q-1;;. The van der Waals surface area contributed by atoms with Crippen molar-refractivity contribution in [3.8, 4) is 0 Å². The molecule has 0 radical (unpaired) electrons. The first kappa shape index (κ1) is 12.6. The monoisotopic (exact) mass is 572 g/mol. The number of nitrogens with zero attached hydrogens (tertiary/aromatic N) is 1. The van der Waals surface area contributed by atoms with Gasteiger partial charge in [-0.1, -0.05) is 0 Å². The minimum absolute atomic E-state index is 0. The fourth-order valence-electron chi connectivity index (χ4n) is 2.52. The fourth-order valence-corrected chi connectivity index (χ4v) is 3.73. The zero-order chi connectivity index (χ0) is 8.44. The van der Waals surface area contributed by atoms with E-state index in [0.717, 1.165) is 0 Å². The van der Waals surface area contributed by atoms with E-state index in [0.29, 0.717) is 5.54 Å². The van der Waals surface area contributed by atoms with Crippen LogP contribution in [0.3, 0.4) is 0 Å². The van der Waals surface area contributed by atoms with E-state index in [1.54, 1.807) is 19.4 Å². The summed E-state index contributed by atoms with van der Waals surface area (Å²) in [4.78, 5) is 0. The summed E-state index contributed by atoms with van der Waals surface area (Å²) < 4.78 is 1.49. The van der Waals surface area contributed by atoms with E-state index in [4.69, 9.17) is 5.32 Å². The SMILES string of the molecule is [U].[W]=[C]1CCCC2(CCCCC2)[N-]1. The third kappa shape index (κ3) is 3.27. The molecule has 0 bridgehead atoms.